The summed E-state index contributed by atoms with van der Waals surface area (Å²) in [6.07, 6.45) is 5.45. The third kappa shape index (κ3) is 2.19. The summed E-state index contributed by atoms with van der Waals surface area (Å²) in [5.41, 5.74) is 2.78. The van der Waals surface area contributed by atoms with Gasteiger partial charge in [-0.25, -0.2) is 0 Å². The maximum absolute atomic E-state index is 5.38. The molecule has 1 heterocycles. The number of benzene rings is 1. The zero-order chi connectivity index (χ0) is 12.4. The molecule has 0 radical (unpaired) electrons. The van der Waals surface area contributed by atoms with Crippen molar-refractivity contribution in [3.8, 4) is 5.75 Å². The second-order valence-electron chi connectivity index (χ2n) is 5.30. The van der Waals surface area contributed by atoms with Crippen LogP contribution in [0.4, 0.5) is 5.69 Å². The Kier molecular flexibility index (Phi) is 3.41. The molecule has 1 aliphatic carbocycles. The molecular weight excluding hydrogens is 224 g/mol. The number of hydrogen-bond acceptors (Lipinski definition) is 3. The van der Waals surface area contributed by atoms with Gasteiger partial charge in [0, 0.05) is 37.4 Å². The molecule has 3 heteroatoms. The van der Waals surface area contributed by atoms with Crippen molar-refractivity contribution < 1.29 is 4.74 Å². The molecule has 0 bridgehead atoms. The molecule has 0 spiro atoms. The Morgan fingerprint density at radius 3 is 2.89 bits per heavy atom. The van der Waals surface area contributed by atoms with Crippen LogP contribution in [0.3, 0.4) is 0 Å². The quantitative estimate of drug-likeness (QED) is 0.868. The van der Waals surface area contributed by atoms with Gasteiger partial charge >= 0.3 is 0 Å². The second-order valence-corrected chi connectivity index (χ2v) is 5.30. The number of ether oxygens (including phenoxy) is 1. The first kappa shape index (κ1) is 11.8. The van der Waals surface area contributed by atoms with Crippen molar-refractivity contribution in [3.63, 3.8) is 0 Å². The van der Waals surface area contributed by atoms with Gasteiger partial charge < -0.3 is 15.0 Å². The normalized spacial score (nSPS) is 20.6. The van der Waals surface area contributed by atoms with Crippen molar-refractivity contribution >= 4 is 5.69 Å². The molecule has 98 valence electrons. The van der Waals surface area contributed by atoms with E-state index in [0.717, 1.165) is 31.4 Å². The molecule has 3 rings (SSSR count). The topological polar surface area (TPSA) is 24.5 Å². The summed E-state index contributed by atoms with van der Waals surface area (Å²) < 4.78 is 5.38. The third-order valence-corrected chi connectivity index (χ3v) is 4.21. The minimum atomic E-state index is 0.732. The van der Waals surface area contributed by atoms with E-state index in [1.807, 2.05) is 0 Å². The van der Waals surface area contributed by atoms with Crippen LogP contribution < -0.4 is 15.0 Å². The van der Waals surface area contributed by atoms with Crippen LogP contribution in [0.5, 0.6) is 5.75 Å². The average Bonchev–Trinajstić information content (AvgIpc) is 2.85. The van der Waals surface area contributed by atoms with Gasteiger partial charge in [0.1, 0.15) is 5.75 Å². The molecule has 2 aliphatic rings. The highest BCUT2D eigenvalue weighted by atomic mass is 16.5. The van der Waals surface area contributed by atoms with E-state index in [2.05, 4.69) is 28.4 Å². The van der Waals surface area contributed by atoms with Crippen LogP contribution in [0.2, 0.25) is 0 Å². The molecule has 0 atom stereocenters. The molecule has 1 fully saturated rings. The fraction of sp³-hybridized carbons (Fsp3) is 0.600. The summed E-state index contributed by atoms with van der Waals surface area (Å²) in [4.78, 5) is 2.60. The highest BCUT2D eigenvalue weighted by Crippen LogP contribution is 2.33. The molecule has 1 N–H and O–H groups in total. The van der Waals surface area contributed by atoms with Crippen molar-refractivity contribution in [2.75, 3.05) is 25.1 Å². The lowest BCUT2D eigenvalue weighted by Crippen LogP contribution is -2.36. The zero-order valence-corrected chi connectivity index (χ0v) is 11.1. The molecule has 1 aromatic rings. The maximum Gasteiger partial charge on any atom is 0.120 e. The van der Waals surface area contributed by atoms with Crippen LogP contribution in [0.15, 0.2) is 18.2 Å². The standard InChI is InChI=1S/C15H22N2O/c1-18-14-7-6-12-11-16-8-9-17(15(12)10-14)13-4-2-3-5-13/h6-7,10,13,16H,2-5,8-9,11H2,1H3. The highest BCUT2D eigenvalue weighted by molar-refractivity contribution is 5.58. The van der Waals surface area contributed by atoms with E-state index in [0.29, 0.717) is 0 Å². The van der Waals surface area contributed by atoms with Crippen molar-refractivity contribution in [3.05, 3.63) is 23.8 Å². The van der Waals surface area contributed by atoms with Gasteiger partial charge in [-0.1, -0.05) is 18.9 Å². The molecule has 0 aromatic heterocycles. The monoisotopic (exact) mass is 246 g/mol. The first-order valence-electron chi connectivity index (χ1n) is 7.03. The number of fused-ring (bicyclic) bond motifs is 1. The van der Waals surface area contributed by atoms with Crippen LogP contribution >= 0.6 is 0 Å². The molecule has 0 saturated heterocycles. The van der Waals surface area contributed by atoms with Crippen molar-refractivity contribution in [2.24, 2.45) is 0 Å². The average molecular weight is 246 g/mol. The van der Waals surface area contributed by atoms with Crippen LogP contribution in [0, 0.1) is 0 Å². The third-order valence-electron chi connectivity index (χ3n) is 4.21. The number of anilines is 1. The van der Waals surface area contributed by atoms with Crippen LogP contribution in [0.1, 0.15) is 31.2 Å². The van der Waals surface area contributed by atoms with Crippen molar-refractivity contribution in [2.45, 2.75) is 38.3 Å². The van der Waals surface area contributed by atoms with E-state index in [1.54, 1.807) is 7.11 Å². The Morgan fingerprint density at radius 2 is 2.11 bits per heavy atom. The molecule has 3 nitrogen and oxygen atoms in total. The molecule has 0 amide bonds. The second kappa shape index (κ2) is 5.19. The summed E-state index contributed by atoms with van der Waals surface area (Å²) in [6.45, 7) is 3.17. The molecule has 1 saturated carbocycles. The molecule has 0 unspecified atom stereocenters. The van der Waals surface area contributed by atoms with E-state index in [4.69, 9.17) is 4.74 Å². The van der Waals surface area contributed by atoms with Crippen LogP contribution in [0.25, 0.3) is 0 Å². The predicted molar refractivity (Wildman–Crippen MR) is 74.3 cm³/mol. The first-order chi connectivity index (χ1) is 8.88. The minimum Gasteiger partial charge on any atom is -0.497 e. The van der Waals surface area contributed by atoms with Crippen LogP contribution in [-0.4, -0.2) is 26.2 Å². The molecular formula is C15H22N2O. The fourth-order valence-electron chi connectivity index (χ4n) is 3.23. The molecule has 18 heavy (non-hydrogen) atoms. The first-order valence-corrected chi connectivity index (χ1v) is 7.03. The Balaban J connectivity index is 1.95. The SMILES string of the molecule is COc1ccc2c(c1)N(C1CCCC1)CCNC2. The Labute approximate surface area is 109 Å². The lowest BCUT2D eigenvalue weighted by atomic mass is 10.1. The molecule has 1 aliphatic heterocycles. The van der Waals surface area contributed by atoms with E-state index in [1.165, 1.54) is 36.9 Å². The van der Waals surface area contributed by atoms with Gasteiger partial charge in [0.15, 0.2) is 0 Å². The number of rotatable bonds is 2. The maximum atomic E-state index is 5.38. The van der Waals surface area contributed by atoms with Crippen molar-refractivity contribution in [1.29, 1.82) is 0 Å². The van der Waals surface area contributed by atoms with Gasteiger partial charge in [0.05, 0.1) is 7.11 Å². The summed E-state index contributed by atoms with van der Waals surface area (Å²) in [5.74, 6) is 0.971. The Morgan fingerprint density at radius 1 is 1.28 bits per heavy atom. The Hall–Kier alpha value is -1.22. The fourth-order valence-corrected chi connectivity index (χ4v) is 3.23. The van der Waals surface area contributed by atoms with E-state index < -0.39 is 0 Å². The number of hydrogen-bond donors (Lipinski definition) is 1. The number of nitrogens with zero attached hydrogens (tertiary/aromatic N) is 1. The van der Waals surface area contributed by atoms with Gasteiger partial charge in [0.25, 0.3) is 0 Å². The lowest BCUT2D eigenvalue weighted by molar-refractivity contribution is 0.414. The smallest absolute Gasteiger partial charge is 0.120 e. The van der Waals surface area contributed by atoms with E-state index in [9.17, 15) is 0 Å². The van der Waals surface area contributed by atoms with Crippen LogP contribution in [-0.2, 0) is 6.54 Å². The molecule has 1 aromatic carbocycles. The lowest BCUT2D eigenvalue weighted by Gasteiger charge is -2.31. The minimum absolute atomic E-state index is 0.732. The van der Waals surface area contributed by atoms with E-state index >= 15 is 0 Å². The zero-order valence-electron chi connectivity index (χ0n) is 11.1. The van der Waals surface area contributed by atoms with Gasteiger partial charge in [-0.2, -0.15) is 0 Å². The summed E-state index contributed by atoms with van der Waals surface area (Å²) in [5, 5.41) is 3.51. The van der Waals surface area contributed by atoms with Gasteiger partial charge in [-0.3, -0.25) is 0 Å². The summed E-state index contributed by atoms with van der Waals surface area (Å²) >= 11 is 0. The largest absolute Gasteiger partial charge is 0.497 e. The number of methoxy groups -OCH3 is 1. The van der Waals surface area contributed by atoms with Gasteiger partial charge in [-0.15, -0.1) is 0 Å². The van der Waals surface area contributed by atoms with Crippen molar-refractivity contribution in [1.82, 2.24) is 5.32 Å². The van der Waals surface area contributed by atoms with E-state index in [-0.39, 0.29) is 0 Å². The van der Waals surface area contributed by atoms with Gasteiger partial charge in [-0.05, 0) is 24.5 Å². The summed E-state index contributed by atoms with van der Waals surface area (Å²) in [7, 11) is 1.75. The Bertz CT molecular complexity index is 413. The highest BCUT2D eigenvalue weighted by Gasteiger charge is 2.25. The van der Waals surface area contributed by atoms with Gasteiger partial charge in [0.2, 0.25) is 0 Å². The summed E-state index contributed by atoms with van der Waals surface area (Å²) in [6, 6.07) is 7.21. The number of nitrogens with one attached hydrogen (secondary N) is 1. The predicted octanol–water partition coefficient (Wildman–Crippen LogP) is 2.55.